The molecule has 1 saturated heterocycles. The molecular formula is C15H18N4O3S2. The van der Waals surface area contributed by atoms with E-state index in [0.29, 0.717) is 23.9 Å². The Bertz CT molecular complexity index is 875. The van der Waals surface area contributed by atoms with Crippen molar-refractivity contribution in [2.75, 3.05) is 22.9 Å². The first-order chi connectivity index (χ1) is 11.3. The summed E-state index contributed by atoms with van der Waals surface area (Å²) in [6, 6.07) is 7.50. The van der Waals surface area contributed by atoms with Gasteiger partial charge in [-0.2, -0.15) is 0 Å². The standard InChI is InChI=1S/C15H18N4O3S2/c1-10-4-6-12(7-5-10)18-8-3-9-19(15(18)20)14-17-11(2)13(23-14)24(16,21)22/h4-7H,3,8-9H2,1-2H3,(H2,16,21,22). The van der Waals surface area contributed by atoms with Gasteiger partial charge in [-0.05, 0) is 32.4 Å². The van der Waals surface area contributed by atoms with E-state index in [1.54, 1.807) is 11.8 Å². The monoisotopic (exact) mass is 366 g/mol. The number of sulfonamides is 1. The second-order valence-electron chi connectivity index (χ2n) is 5.69. The van der Waals surface area contributed by atoms with Gasteiger partial charge in [0.1, 0.15) is 0 Å². The van der Waals surface area contributed by atoms with Gasteiger partial charge in [0, 0.05) is 18.8 Å². The molecule has 1 aromatic heterocycles. The molecule has 1 aliphatic rings. The third-order valence-corrected chi connectivity index (χ3v) is 6.54. The summed E-state index contributed by atoms with van der Waals surface area (Å²) in [6.07, 6.45) is 0.767. The van der Waals surface area contributed by atoms with Crippen LogP contribution in [-0.4, -0.2) is 32.5 Å². The highest BCUT2D eigenvalue weighted by Gasteiger charge is 2.31. The number of urea groups is 1. The highest BCUT2D eigenvalue weighted by Crippen LogP contribution is 2.32. The summed E-state index contributed by atoms with van der Waals surface area (Å²) in [5.74, 6) is 0. The van der Waals surface area contributed by atoms with E-state index in [4.69, 9.17) is 5.14 Å². The smallest absolute Gasteiger partial charge is 0.294 e. The minimum atomic E-state index is -3.83. The van der Waals surface area contributed by atoms with Gasteiger partial charge in [0.2, 0.25) is 10.0 Å². The Labute approximate surface area is 144 Å². The second-order valence-corrected chi connectivity index (χ2v) is 8.42. The molecule has 0 atom stereocenters. The normalized spacial score (nSPS) is 15.9. The van der Waals surface area contributed by atoms with Crippen LogP contribution in [0.3, 0.4) is 0 Å². The van der Waals surface area contributed by atoms with Crippen LogP contribution in [0.1, 0.15) is 17.7 Å². The number of carbonyl (C=O) groups excluding carboxylic acids is 1. The maximum atomic E-state index is 12.8. The van der Waals surface area contributed by atoms with Crippen molar-refractivity contribution in [3.05, 3.63) is 35.5 Å². The number of hydrogen-bond acceptors (Lipinski definition) is 5. The van der Waals surface area contributed by atoms with E-state index in [1.165, 1.54) is 4.90 Å². The number of nitrogens with zero attached hydrogens (tertiary/aromatic N) is 3. The third-order valence-electron chi connectivity index (χ3n) is 3.80. The van der Waals surface area contributed by atoms with Gasteiger partial charge in [0.25, 0.3) is 0 Å². The zero-order valence-corrected chi connectivity index (χ0v) is 15.0. The average molecular weight is 366 g/mol. The lowest BCUT2D eigenvalue weighted by Crippen LogP contribution is -2.49. The van der Waals surface area contributed by atoms with Gasteiger partial charge in [-0.25, -0.2) is 23.3 Å². The summed E-state index contributed by atoms with van der Waals surface area (Å²) >= 11 is 0.931. The molecule has 24 heavy (non-hydrogen) atoms. The summed E-state index contributed by atoms with van der Waals surface area (Å²) in [7, 11) is -3.83. The average Bonchev–Trinajstić information content (AvgIpc) is 2.90. The lowest BCUT2D eigenvalue weighted by molar-refractivity contribution is 0.248. The first-order valence-corrected chi connectivity index (χ1v) is 9.79. The number of anilines is 2. The van der Waals surface area contributed by atoms with E-state index in [1.807, 2.05) is 31.2 Å². The number of aromatic nitrogens is 1. The largest absolute Gasteiger partial charge is 0.330 e. The molecule has 3 rings (SSSR count). The summed E-state index contributed by atoms with van der Waals surface area (Å²) < 4.78 is 23.2. The zero-order chi connectivity index (χ0) is 17.5. The Morgan fingerprint density at radius 1 is 1.12 bits per heavy atom. The van der Waals surface area contributed by atoms with Gasteiger partial charge in [0.05, 0.1) is 5.69 Å². The number of aryl methyl sites for hydroxylation is 2. The Kier molecular flexibility index (Phi) is 4.33. The van der Waals surface area contributed by atoms with Crippen LogP contribution < -0.4 is 14.9 Å². The second kappa shape index (κ2) is 6.15. The lowest BCUT2D eigenvalue weighted by Gasteiger charge is -2.34. The van der Waals surface area contributed by atoms with Crippen LogP contribution in [0, 0.1) is 13.8 Å². The molecule has 0 unspecified atom stereocenters. The van der Waals surface area contributed by atoms with Crippen molar-refractivity contribution in [3.63, 3.8) is 0 Å². The first kappa shape index (κ1) is 16.9. The number of benzene rings is 1. The van der Waals surface area contributed by atoms with Crippen LogP contribution >= 0.6 is 11.3 Å². The number of rotatable bonds is 3. The number of nitrogens with two attached hydrogens (primary N) is 1. The molecular weight excluding hydrogens is 348 g/mol. The molecule has 1 fully saturated rings. The summed E-state index contributed by atoms with van der Waals surface area (Å²) in [4.78, 5) is 20.2. The molecule has 0 spiro atoms. The molecule has 0 saturated carbocycles. The van der Waals surface area contributed by atoms with E-state index in [2.05, 4.69) is 4.98 Å². The molecule has 2 heterocycles. The number of primary sulfonamides is 1. The van der Waals surface area contributed by atoms with Crippen molar-refractivity contribution in [2.45, 2.75) is 24.5 Å². The van der Waals surface area contributed by atoms with Gasteiger partial charge >= 0.3 is 6.03 Å². The fourth-order valence-electron chi connectivity index (χ4n) is 2.61. The van der Waals surface area contributed by atoms with Gasteiger partial charge < -0.3 is 0 Å². The molecule has 1 aromatic carbocycles. The molecule has 7 nitrogen and oxygen atoms in total. The fraction of sp³-hybridized carbons (Fsp3) is 0.333. The van der Waals surface area contributed by atoms with Crippen LogP contribution in [0.25, 0.3) is 0 Å². The lowest BCUT2D eigenvalue weighted by atomic mass is 10.2. The van der Waals surface area contributed by atoms with Crippen molar-refractivity contribution in [1.29, 1.82) is 0 Å². The fourth-order valence-corrected chi connectivity index (χ4v) is 4.58. The van der Waals surface area contributed by atoms with Crippen molar-refractivity contribution in [1.82, 2.24) is 4.98 Å². The summed E-state index contributed by atoms with van der Waals surface area (Å²) in [5, 5.41) is 5.56. The molecule has 9 heteroatoms. The SMILES string of the molecule is Cc1ccc(N2CCCN(c3nc(C)c(S(N)(=O)=O)s3)C2=O)cc1. The Hall–Kier alpha value is -1.97. The highest BCUT2D eigenvalue weighted by atomic mass is 32.2. The number of hydrogen-bond donors (Lipinski definition) is 1. The van der Waals surface area contributed by atoms with Crippen molar-refractivity contribution in [3.8, 4) is 0 Å². The van der Waals surface area contributed by atoms with Crippen molar-refractivity contribution >= 4 is 38.2 Å². The van der Waals surface area contributed by atoms with Gasteiger partial charge in [0.15, 0.2) is 9.34 Å². The topological polar surface area (TPSA) is 96.6 Å². The molecule has 0 bridgehead atoms. The van der Waals surface area contributed by atoms with E-state index >= 15 is 0 Å². The van der Waals surface area contributed by atoms with E-state index in [-0.39, 0.29) is 10.2 Å². The van der Waals surface area contributed by atoms with E-state index in [9.17, 15) is 13.2 Å². The maximum Gasteiger partial charge on any atom is 0.330 e. The minimum Gasteiger partial charge on any atom is -0.294 e. The van der Waals surface area contributed by atoms with Crippen molar-refractivity contribution in [2.24, 2.45) is 5.14 Å². The Balaban J connectivity index is 1.92. The number of carbonyl (C=O) groups is 1. The zero-order valence-electron chi connectivity index (χ0n) is 13.4. The third kappa shape index (κ3) is 3.14. The quantitative estimate of drug-likeness (QED) is 0.901. The molecule has 2 amide bonds. The van der Waals surface area contributed by atoms with Gasteiger partial charge in [-0.3, -0.25) is 9.80 Å². The van der Waals surface area contributed by atoms with E-state index in [0.717, 1.165) is 29.0 Å². The number of amides is 2. The molecule has 2 aromatic rings. The molecule has 2 N–H and O–H groups in total. The van der Waals surface area contributed by atoms with Gasteiger partial charge in [-0.15, -0.1) is 0 Å². The van der Waals surface area contributed by atoms with Crippen LogP contribution in [0.2, 0.25) is 0 Å². The summed E-state index contributed by atoms with van der Waals surface area (Å²) in [6.45, 7) is 4.68. The molecule has 128 valence electrons. The Morgan fingerprint density at radius 3 is 2.33 bits per heavy atom. The maximum absolute atomic E-state index is 12.8. The first-order valence-electron chi connectivity index (χ1n) is 7.43. The van der Waals surface area contributed by atoms with Crippen molar-refractivity contribution < 1.29 is 13.2 Å². The van der Waals surface area contributed by atoms with Crippen LogP contribution in [0.5, 0.6) is 0 Å². The van der Waals surface area contributed by atoms with E-state index < -0.39 is 10.0 Å². The van der Waals surface area contributed by atoms with Crippen LogP contribution in [0.15, 0.2) is 28.5 Å². The predicted molar refractivity (Wildman–Crippen MR) is 94.1 cm³/mol. The van der Waals surface area contributed by atoms with Crippen LogP contribution in [0.4, 0.5) is 15.6 Å². The predicted octanol–water partition coefficient (Wildman–Crippen LogP) is 2.24. The van der Waals surface area contributed by atoms with Crippen LogP contribution in [-0.2, 0) is 10.0 Å². The van der Waals surface area contributed by atoms with Gasteiger partial charge in [-0.1, -0.05) is 29.0 Å². The minimum absolute atomic E-state index is 0.00207. The number of thiazole rings is 1. The highest BCUT2D eigenvalue weighted by molar-refractivity contribution is 7.91. The molecule has 1 aliphatic heterocycles. The molecule has 0 aliphatic carbocycles. The summed E-state index contributed by atoms with van der Waals surface area (Å²) in [5.41, 5.74) is 2.25. The Morgan fingerprint density at radius 2 is 1.75 bits per heavy atom. The molecule has 0 radical (unpaired) electrons.